The number of nitrogens with one attached hydrogen (secondary N) is 1. The molecule has 148 valence electrons. The smallest absolute Gasteiger partial charge is 0.124 e. The topological polar surface area (TPSA) is 44.8 Å². The maximum atomic E-state index is 13.8. The maximum Gasteiger partial charge on any atom is 0.124 e. The number of pyridine rings is 1. The number of halogens is 2. The number of aromatic nitrogens is 3. The maximum absolute atomic E-state index is 13.8. The van der Waals surface area contributed by atoms with Crippen LogP contribution < -0.4 is 4.90 Å². The molecule has 2 aromatic carbocycles. The fraction of sp³-hybridized carbons (Fsp3) is 0.304. The van der Waals surface area contributed by atoms with E-state index in [2.05, 4.69) is 21.8 Å². The van der Waals surface area contributed by atoms with Crippen molar-refractivity contribution in [1.82, 2.24) is 15.0 Å². The van der Waals surface area contributed by atoms with Gasteiger partial charge in [0.1, 0.15) is 11.6 Å². The Morgan fingerprint density at radius 3 is 2.72 bits per heavy atom. The van der Waals surface area contributed by atoms with E-state index < -0.39 is 0 Å². The minimum absolute atomic E-state index is 0.222. The van der Waals surface area contributed by atoms with Crippen LogP contribution >= 0.6 is 11.6 Å². The summed E-state index contributed by atoms with van der Waals surface area (Å²) in [6.45, 7) is 4.13. The summed E-state index contributed by atoms with van der Waals surface area (Å²) in [7, 11) is 0. The number of hydrogen-bond donors (Lipinski definition) is 1. The van der Waals surface area contributed by atoms with Gasteiger partial charge in [-0.25, -0.2) is 9.37 Å². The van der Waals surface area contributed by atoms with Crippen molar-refractivity contribution in [3.63, 3.8) is 0 Å². The van der Waals surface area contributed by atoms with Gasteiger partial charge in [0, 0.05) is 41.3 Å². The second kappa shape index (κ2) is 7.30. The average Bonchev–Trinajstić information content (AvgIpc) is 3.16. The van der Waals surface area contributed by atoms with Crippen molar-refractivity contribution < 1.29 is 4.39 Å². The predicted octanol–water partition coefficient (Wildman–Crippen LogP) is 5.92. The summed E-state index contributed by atoms with van der Waals surface area (Å²) < 4.78 is 13.8. The molecule has 4 nitrogen and oxygen atoms in total. The monoisotopic (exact) mass is 408 g/mol. The Hall–Kier alpha value is -2.66. The lowest BCUT2D eigenvalue weighted by atomic mass is 9.84. The number of imidazole rings is 1. The molecular weight excluding hydrogens is 387 g/mol. The third-order valence-electron chi connectivity index (χ3n) is 6.16. The van der Waals surface area contributed by atoms with E-state index in [4.69, 9.17) is 16.6 Å². The lowest BCUT2D eigenvalue weighted by Gasteiger charge is -2.36. The van der Waals surface area contributed by atoms with Crippen LogP contribution in [0.15, 0.2) is 48.7 Å². The van der Waals surface area contributed by atoms with E-state index in [1.54, 1.807) is 12.1 Å². The van der Waals surface area contributed by atoms with Crippen molar-refractivity contribution in [1.29, 1.82) is 0 Å². The normalized spacial score (nSPS) is 16.6. The first kappa shape index (κ1) is 18.4. The largest absolute Gasteiger partial charge is 0.371 e. The number of rotatable bonds is 3. The summed E-state index contributed by atoms with van der Waals surface area (Å²) in [5.41, 5.74) is 3.85. The number of fused-ring (bicyclic) bond motifs is 2. The van der Waals surface area contributed by atoms with Gasteiger partial charge in [-0.2, -0.15) is 0 Å². The SMILES string of the molecule is CC(c1nc2ccc(Cl)cc2[nH]1)C1CCN(c2ccnc3ccc(F)cc23)CC1. The highest BCUT2D eigenvalue weighted by Crippen LogP contribution is 2.35. The molecule has 1 fully saturated rings. The van der Waals surface area contributed by atoms with Crippen molar-refractivity contribution in [2.45, 2.75) is 25.7 Å². The van der Waals surface area contributed by atoms with Crippen LogP contribution in [0.25, 0.3) is 21.9 Å². The first-order valence-corrected chi connectivity index (χ1v) is 10.4. The number of H-pyrrole nitrogens is 1. The van der Waals surface area contributed by atoms with Crippen LogP contribution in [0.4, 0.5) is 10.1 Å². The zero-order valence-electron chi connectivity index (χ0n) is 16.2. The fourth-order valence-electron chi connectivity index (χ4n) is 4.46. The molecule has 1 atom stereocenters. The molecule has 0 bridgehead atoms. The van der Waals surface area contributed by atoms with Gasteiger partial charge in [-0.1, -0.05) is 18.5 Å². The number of nitrogens with zero attached hydrogens (tertiary/aromatic N) is 3. The third kappa shape index (κ3) is 3.44. The molecule has 2 aromatic heterocycles. The standard InChI is InChI=1S/C23H22ClFN4/c1-14(23-27-20-4-2-16(24)12-21(20)28-23)15-7-10-29(11-8-15)22-6-9-26-19-5-3-17(25)13-18(19)22/h2-6,9,12-15H,7-8,10-11H2,1H3,(H,27,28). The van der Waals surface area contributed by atoms with Crippen molar-refractivity contribution in [3.05, 3.63) is 65.3 Å². The van der Waals surface area contributed by atoms with E-state index in [1.807, 2.05) is 30.5 Å². The average molecular weight is 409 g/mol. The van der Waals surface area contributed by atoms with Gasteiger partial charge in [-0.15, -0.1) is 0 Å². The first-order valence-electron chi connectivity index (χ1n) is 10.0. The Kier molecular flexibility index (Phi) is 4.63. The van der Waals surface area contributed by atoms with Crippen molar-refractivity contribution in [2.24, 2.45) is 5.92 Å². The highest BCUT2D eigenvalue weighted by atomic mass is 35.5. The van der Waals surface area contributed by atoms with Crippen molar-refractivity contribution >= 4 is 39.2 Å². The van der Waals surface area contributed by atoms with Gasteiger partial charge in [0.2, 0.25) is 0 Å². The van der Waals surface area contributed by atoms with E-state index in [1.165, 1.54) is 6.07 Å². The minimum Gasteiger partial charge on any atom is -0.371 e. The Balaban J connectivity index is 1.34. The molecule has 0 saturated carbocycles. The molecule has 1 N–H and O–H groups in total. The number of hydrogen-bond acceptors (Lipinski definition) is 3. The Bertz CT molecular complexity index is 1180. The van der Waals surface area contributed by atoms with Crippen LogP contribution in [0.5, 0.6) is 0 Å². The summed E-state index contributed by atoms with van der Waals surface area (Å²) in [5, 5.41) is 1.60. The van der Waals surface area contributed by atoms with Crippen LogP contribution in [0.3, 0.4) is 0 Å². The lowest BCUT2D eigenvalue weighted by Crippen LogP contribution is -2.35. The van der Waals surface area contributed by atoms with Crippen molar-refractivity contribution in [2.75, 3.05) is 18.0 Å². The van der Waals surface area contributed by atoms with E-state index >= 15 is 0 Å². The molecular formula is C23H22ClFN4. The molecule has 0 radical (unpaired) electrons. The summed E-state index contributed by atoms with van der Waals surface area (Å²) in [4.78, 5) is 15.0. The van der Waals surface area contributed by atoms with Crippen LogP contribution in [0.1, 0.15) is 31.5 Å². The molecule has 1 unspecified atom stereocenters. The highest BCUT2D eigenvalue weighted by Gasteiger charge is 2.27. The molecule has 1 aliphatic heterocycles. The lowest BCUT2D eigenvalue weighted by molar-refractivity contribution is 0.347. The van der Waals surface area contributed by atoms with Gasteiger partial charge in [0.15, 0.2) is 0 Å². The van der Waals surface area contributed by atoms with Gasteiger partial charge in [0.05, 0.1) is 16.6 Å². The molecule has 29 heavy (non-hydrogen) atoms. The van der Waals surface area contributed by atoms with E-state index in [0.29, 0.717) is 11.8 Å². The number of piperidine rings is 1. The Labute approximate surface area is 173 Å². The summed E-state index contributed by atoms with van der Waals surface area (Å²) in [6.07, 6.45) is 3.94. The van der Waals surface area contributed by atoms with Crippen LogP contribution in [-0.2, 0) is 0 Å². The zero-order valence-corrected chi connectivity index (χ0v) is 17.0. The van der Waals surface area contributed by atoms with Crippen LogP contribution in [-0.4, -0.2) is 28.0 Å². The number of anilines is 1. The molecule has 1 aliphatic rings. The summed E-state index contributed by atoms with van der Waals surface area (Å²) >= 11 is 6.10. The second-order valence-electron chi connectivity index (χ2n) is 7.89. The molecule has 6 heteroatoms. The number of aromatic amines is 1. The minimum atomic E-state index is -0.222. The Morgan fingerprint density at radius 1 is 1.10 bits per heavy atom. The van der Waals surface area contributed by atoms with E-state index in [0.717, 1.165) is 64.4 Å². The predicted molar refractivity (Wildman–Crippen MR) is 116 cm³/mol. The summed E-state index contributed by atoms with van der Waals surface area (Å²) in [5.74, 6) is 1.69. The van der Waals surface area contributed by atoms with Gasteiger partial charge >= 0.3 is 0 Å². The van der Waals surface area contributed by atoms with Gasteiger partial charge in [-0.3, -0.25) is 4.98 Å². The highest BCUT2D eigenvalue weighted by molar-refractivity contribution is 6.31. The first-order chi connectivity index (χ1) is 14.1. The molecule has 0 aliphatic carbocycles. The molecule has 3 heterocycles. The van der Waals surface area contributed by atoms with E-state index in [-0.39, 0.29) is 5.82 Å². The van der Waals surface area contributed by atoms with E-state index in [9.17, 15) is 4.39 Å². The van der Waals surface area contributed by atoms with Gasteiger partial charge in [0.25, 0.3) is 0 Å². The molecule has 4 aromatic rings. The van der Waals surface area contributed by atoms with Crippen LogP contribution in [0, 0.1) is 11.7 Å². The molecule has 0 amide bonds. The third-order valence-corrected chi connectivity index (χ3v) is 6.40. The van der Waals surface area contributed by atoms with Gasteiger partial charge in [-0.05, 0) is 61.2 Å². The number of benzene rings is 2. The quantitative estimate of drug-likeness (QED) is 0.457. The Morgan fingerprint density at radius 2 is 1.90 bits per heavy atom. The summed E-state index contributed by atoms with van der Waals surface area (Å²) in [6, 6.07) is 12.6. The van der Waals surface area contributed by atoms with Crippen molar-refractivity contribution in [3.8, 4) is 0 Å². The molecule has 5 rings (SSSR count). The fourth-order valence-corrected chi connectivity index (χ4v) is 4.63. The van der Waals surface area contributed by atoms with Crippen LogP contribution in [0.2, 0.25) is 5.02 Å². The molecule has 1 saturated heterocycles. The zero-order chi connectivity index (χ0) is 20.0. The second-order valence-corrected chi connectivity index (χ2v) is 8.32. The molecule has 0 spiro atoms. The van der Waals surface area contributed by atoms with Gasteiger partial charge < -0.3 is 9.88 Å².